The Bertz CT molecular complexity index is 132. The molecule has 0 aliphatic rings. The number of rotatable bonds is 6. The Morgan fingerprint density at radius 2 is 1.64 bits per heavy atom. The molecule has 0 saturated carbocycles. The van der Waals surface area contributed by atoms with Crippen molar-refractivity contribution in [1.29, 1.82) is 0 Å². The Morgan fingerprint density at radius 3 is 1.86 bits per heavy atom. The highest BCUT2D eigenvalue weighted by atomic mass is 14.8. The third kappa shape index (κ3) is 22.5. The molecule has 0 rings (SSSR count). The molecule has 14 heavy (non-hydrogen) atoms. The summed E-state index contributed by atoms with van der Waals surface area (Å²) in [6.07, 6.45) is 7.73. The molecule has 0 atom stereocenters. The molecule has 0 aromatic rings. The highest BCUT2D eigenvalue weighted by Gasteiger charge is 1.76. The normalized spacial score (nSPS) is 9.71. The molecule has 0 spiro atoms. The van der Waals surface area contributed by atoms with E-state index < -0.39 is 0 Å². The van der Waals surface area contributed by atoms with Gasteiger partial charge in [0, 0.05) is 0 Å². The Hall–Kier alpha value is -0.560. The Morgan fingerprint density at radius 1 is 1.14 bits per heavy atom. The maximum Gasteiger partial charge on any atom is -0.00516 e. The number of hydrogen-bond donors (Lipinski definition) is 1. The maximum atomic E-state index is 3.71. The zero-order valence-electron chi connectivity index (χ0n) is 10.4. The van der Waals surface area contributed by atoms with Gasteiger partial charge in [0.1, 0.15) is 0 Å². The smallest absolute Gasteiger partial charge is 0.00516 e. The van der Waals surface area contributed by atoms with Crippen LogP contribution >= 0.6 is 0 Å². The van der Waals surface area contributed by atoms with Crippen LogP contribution < -0.4 is 5.32 Å². The number of allylic oxidation sites excluding steroid dienone is 3. The van der Waals surface area contributed by atoms with Crippen LogP contribution in [0.1, 0.15) is 47.0 Å². The van der Waals surface area contributed by atoms with Gasteiger partial charge in [-0.1, -0.05) is 45.1 Å². The number of hydrogen-bond acceptors (Lipinski definition) is 1. The summed E-state index contributed by atoms with van der Waals surface area (Å²) in [5.41, 5.74) is 1.13. The summed E-state index contributed by atoms with van der Waals surface area (Å²) in [5.74, 6) is 0. The lowest BCUT2D eigenvalue weighted by atomic mass is 10.3. The summed E-state index contributed by atoms with van der Waals surface area (Å²) >= 11 is 0. The Labute approximate surface area is 90.3 Å². The summed E-state index contributed by atoms with van der Waals surface area (Å²) in [5, 5.41) is 3.28. The maximum absolute atomic E-state index is 3.71. The SMILES string of the molecule is C=C(C)/C=C/CC.CCCNCCC. The lowest BCUT2D eigenvalue weighted by Gasteiger charge is -1.95. The van der Waals surface area contributed by atoms with Crippen LogP contribution in [0, 0.1) is 0 Å². The molecule has 0 heterocycles. The van der Waals surface area contributed by atoms with Gasteiger partial charge in [-0.15, -0.1) is 0 Å². The van der Waals surface area contributed by atoms with Crippen molar-refractivity contribution in [3.63, 3.8) is 0 Å². The molecule has 1 heteroatoms. The van der Waals surface area contributed by atoms with Crippen molar-refractivity contribution in [1.82, 2.24) is 5.32 Å². The van der Waals surface area contributed by atoms with Crippen LogP contribution in [0.15, 0.2) is 24.3 Å². The van der Waals surface area contributed by atoms with Gasteiger partial charge in [0.25, 0.3) is 0 Å². The van der Waals surface area contributed by atoms with Crippen molar-refractivity contribution in [3.8, 4) is 0 Å². The average molecular weight is 197 g/mol. The van der Waals surface area contributed by atoms with E-state index in [-0.39, 0.29) is 0 Å². The minimum absolute atomic E-state index is 1.10. The average Bonchev–Trinajstić information content (AvgIpc) is 2.16. The predicted octanol–water partition coefficient (Wildman–Crippen LogP) is 3.92. The van der Waals surface area contributed by atoms with E-state index in [4.69, 9.17) is 0 Å². The first-order chi connectivity index (χ1) is 6.68. The van der Waals surface area contributed by atoms with Gasteiger partial charge in [0.15, 0.2) is 0 Å². The molecule has 0 saturated heterocycles. The van der Waals surface area contributed by atoms with Crippen LogP contribution in [0.2, 0.25) is 0 Å². The molecular weight excluding hydrogens is 170 g/mol. The molecule has 1 nitrogen and oxygen atoms in total. The van der Waals surface area contributed by atoms with Crippen LogP contribution in [0.4, 0.5) is 0 Å². The van der Waals surface area contributed by atoms with E-state index >= 15 is 0 Å². The van der Waals surface area contributed by atoms with Gasteiger partial charge < -0.3 is 5.32 Å². The van der Waals surface area contributed by atoms with E-state index in [1.165, 1.54) is 25.9 Å². The van der Waals surface area contributed by atoms with Crippen LogP contribution in [0.3, 0.4) is 0 Å². The van der Waals surface area contributed by atoms with Crippen molar-refractivity contribution in [3.05, 3.63) is 24.3 Å². The largest absolute Gasteiger partial charge is 0.317 e. The van der Waals surface area contributed by atoms with Gasteiger partial charge in [-0.05, 0) is 39.3 Å². The Kier molecular flexibility index (Phi) is 17.0. The summed E-state index contributed by atoms with van der Waals surface area (Å²) in [4.78, 5) is 0. The summed E-state index contributed by atoms with van der Waals surface area (Å²) in [6, 6.07) is 0. The fourth-order valence-electron chi connectivity index (χ4n) is 0.798. The van der Waals surface area contributed by atoms with E-state index in [9.17, 15) is 0 Å². The zero-order valence-corrected chi connectivity index (χ0v) is 10.4. The standard InChI is InChI=1S/C7H12.C6H15N/c1-4-5-6-7(2)3;1-3-5-7-6-4-2/h5-6H,2,4H2,1,3H3;7H,3-6H2,1-2H3/b6-5+;. The summed E-state index contributed by atoms with van der Waals surface area (Å²) in [6.45, 7) is 14.5. The molecule has 0 aromatic heterocycles. The van der Waals surface area contributed by atoms with Crippen molar-refractivity contribution >= 4 is 0 Å². The molecule has 0 aliphatic carbocycles. The monoisotopic (exact) mass is 197 g/mol. The highest BCUT2D eigenvalue weighted by molar-refractivity contribution is 5.10. The van der Waals surface area contributed by atoms with E-state index in [2.05, 4.69) is 38.7 Å². The lowest BCUT2D eigenvalue weighted by Crippen LogP contribution is -2.14. The van der Waals surface area contributed by atoms with Crippen molar-refractivity contribution in [2.45, 2.75) is 47.0 Å². The third-order valence-corrected chi connectivity index (χ3v) is 1.49. The zero-order chi connectivity index (χ0) is 11.2. The first kappa shape index (κ1) is 15.9. The summed E-state index contributed by atoms with van der Waals surface area (Å²) < 4.78 is 0. The van der Waals surface area contributed by atoms with Crippen LogP contribution in [-0.4, -0.2) is 13.1 Å². The fourth-order valence-corrected chi connectivity index (χ4v) is 0.798. The first-order valence-electron chi connectivity index (χ1n) is 5.71. The van der Waals surface area contributed by atoms with Gasteiger partial charge in [-0.3, -0.25) is 0 Å². The quantitative estimate of drug-likeness (QED) is 0.502. The van der Waals surface area contributed by atoms with Crippen LogP contribution in [0.25, 0.3) is 0 Å². The van der Waals surface area contributed by atoms with Gasteiger partial charge >= 0.3 is 0 Å². The van der Waals surface area contributed by atoms with Gasteiger partial charge in [0.05, 0.1) is 0 Å². The molecule has 84 valence electrons. The number of nitrogens with one attached hydrogen (secondary N) is 1. The molecule has 0 bridgehead atoms. The minimum atomic E-state index is 1.10. The van der Waals surface area contributed by atoms with Crippen molar-refractivity contribution in [2.75, 3.05) is 13.1 Å². The highest BCUT2D eigenvalue weighted by Crippen LogP contribution is 1.89. The van der Waals surface area contributed by atoms with Crippen molar-refractivity contribution in [2.24, 2.45) is 0 Å². The third-order valence-electron chi connectivity index (χ3n) is 1.49. The van der Waals surface area contributed by atoms with Gasteiger partial charge in [0.2, 0.25) is 0 Å². The molecule has 0 aliphatic heterocycles. The van der Waals surface area contributed by atoms with Gasteiger partial charge in [-0.25, -0.2) is 0 Å². The van der Waals surface area contributed by atoms with E-state index in [1.54, 1.807) is 0 Å². The molecule has 0 amide bonds. The van der Waals surface area contributed by atoms with Crippen LogP contribution in [-0.2, 0) is 0 Å². The molecule has 0 unspecified atom stereocenters. The molecular formula is C13H27N. The van der Waals surface area contributed by atoms with Crippen LogP contribution in [0.5, 0.6) is 0 Å². The van der Waals surface area contributed by atoms with E-state index in [0.29, 0.717) is 0 Å². The predicted molar refractivity (Wildman–Crippen MR) is 67.7 cm³/mol. The second-order valence-electron chi connectivity index (χ2n) is 3.41. The first-order valence-corrected chi connectivity index (χ1v) is 5.71. The molecule has 0 fully saturated rings. The van der Waals surface area contributed by atoms with E-state index in [1.807, 2.05) is 13.0 Å². The minimum Gasteiger partial charge on any atom is -0.317 e. The van der Waals surface area contributed by atoms with Crippen molar-refractivity contribution < 1.29 is 0 Å². The molecule has 0 aromatic carbocycles. The van der Waals surface area contributed by atoms with Gasteiger partial charge in [-0.2, -0.15) is 0 Å². The fraction of sp³-hybridized carbons (Fsp3) is 0.692. The second kappa shape index (κ2) is 14.9. The second-order valence-corrected chi connectivity index (χ2v) is 3.41. The summed E-state index contributed by atoms with van der Waals surface area (Å²) in [7, 11) is 0. The molecule has 1 N–H and O–H groups in total. The molecule has 0 radical (unpaired) electrons. The Balaban J connectivity index is 0. The topological polar surface area (TPSA) is 12.0 Å². The lowest BCUT2D eigenvalue weighted by molar-refractivity contribution is 0.662. The van der Waals surface area contributed by atoms with E-state index in [0.717, 1.165) is 12.0 Å².